The molecule has 1 N–H and O–H groups in total. The molecule has 2 aromatic rings. The Morgan fingerprint density at radius 2 is 1.52 bits per heavy atom. The van der Waals surface area contributed by atoms with Gasteiger partial charge in [0.2, 0.25) is 11.8 Å². The van der Waals surface area contributed by atoms with E-state index >= 15 is 0 Å². The van der Waals surface area contributed by atoms with Gasteiger partial charge in [-0.15, -0.1) is 0 Å². The number of nitrogens with one attached hydrogen (secondary N) is 1. The Labute approximate surface area is 197 Å². The summed E-state index contributed by atoms with van der Waals surface area (Å²) in [6.07, 6.45) is 2.53. The molecule has 6 heteroatoms. The minimum absolute atomic E-state index is 0.00518. The lowest BCUT2D eigenvalue weighted by Crippen LogP contribution is -2.50. The van der Waals surface area contributed by atoms with Crippen LogP contribution in [0, 0.1) is 13.8 Å². The summed E-state index contributed by atoms with van der Waals surface area (Å²) in [7, 11) is 0. The second-order valence-corrected chi connectivity index (χ2v) is 8.84. The molecule has 0 saturated carbocycles. The van der Waals surface area contributed by atoms with Crippen LogP contribution >= 0.6 is 0 Å². The number of nitrogens with zero attached hydrogens (tertiary/aromatic N) is 2. The first-order valence-electron chi connectivity index (χ1n) is 11.9. The zero-order chi connectivity index (χ0) is 23.8. The van der Waals surface area contributed by atoms with E-state index in [1.807, 2.05) is 56.3 Å². The van der Waals surface area contributed by atoms with E-state index in [4.69, 9.17) is 0 Å². The van der Waals surface area contributed by atoms with Gasteiger partial charge in [0.15, 0.2) is 5.78 Å². The Bertz CT molecular complexity index is 956. The molecular formula is C27H35N3O3. The number of benzene rings is 2. The number of hydrogen-bond acceptors (Lipinski definition) is 4. The molecule has 2 aromatic carbocycles. The van der Waals surface area contributed by atoms with Gasteiger partial charge in [-0.05, 0) is 37.0 Å². The van der Waals surface area contributed by atoms with Crippen LogP contribution in [0.1, 0.15) is 53.2 Å². The van der Waals surface area contributed by atoms with Gasteiger partial charge in [-0.25, -0.2) is 0 Å². The van der Waals surface area contributed by atoms with Crippen molar-refractivity contribution in [1.29, 1.82) is 0 Å². The van der Waals surface area contributed by atoms with E-state index in [1.54, 1.807) is 4.90 Å². The van der Waals surface area contributed by atoms with Crippen molar-refractivity contribution >= 4 is 23.3 Å². The minimum Gasteiger partial charge on any atom is -0.340 e. The van der Waals surface area contributed by atoms with E-state index in [0.29, 0.717) is 38.3 Å². The van der Waals surface area contributed by atoms with Crippen LogP contribution in [0.2, 0.25) is 0 Å². The molecule has 1 aliphatic heterocycles. The lowest BCUT2D eigenvalue weighted by atomic mass is 10.0. The average Bonchev–Trinajstić information content (AvgIpc) is 2.81. The van der Waals surface area contributed by atoms with Crippen LogP contribution < -0.4 is 5.32 Å². The van der Waals surface area contributed by atoms with Gasteiger partial charge in [0.25, 0.3) is 0 Å². The number of para-hydroxylation sites is 1. The number of carbonyl (C=O) groups excluding carboxylic acids is 3. The van der Waals surface area contributed by atoms with Crippen molar-refractivity contribution in [1.82, 2.24) is 9.80 Å². The van der Waals surface area contributed by atoms with Crippen LogP contribution in [0.4, 0.5) is 5.69 Å². The van der Waals surface area contributed by atoms with E-state index in [1.165, 1.54) is 5.56 Å². The number of hydrogen-bond donors (Lipinski definition) is 1. The fourth-order valence-corrected chi connectivity index (χ4v) is 4.22. The number of carbonyl (C=O) groups is 3. The number of ketones is 1. The van der Waals surface area contributed by atoms with E-state index in [0.717, 1.165) is 29.7 Å². The van der Waals surface area contributed by atoms with Crippen molar-refractivity contribution in [3.8, 4) is 0 Å². The van der Waals surface area contributed by atoms with Crippen molar-refractivity contribution in [3.05, 3.63) is 64.7 Å². The Balaban J connectivity index is 1.40. The second-order valence-electron chi connectivity index (χ2n) is 8.84. The molecule has 6 nitrogen and oxygen atoms in total. The van der Waals surface area contributed by atoms with Gasteiger partial charge in [0.05, 0.1) is 6.54 Å². The fourth-order valence-electron chi connectivity index (χ4n) is 4.22. The summed E-state index contributed by atoms with van der Waals surface area (Å²) in [6.45, 7) is 8.87. The van der Waals surface area contributed by atoms with Crippen LogP contribution in [-0.4, -0.2) is 60.1 Å². The molecule has 176 valence electrons. The number of rotatable bonds is 9. The Morgan fingerprint density at radius 3 is 2.12 bits per heavy atom. The van der Waals surface area contributed by atoms with E-state index in [9.17, 15) is 14.4 Å². The highest BCUT2D eigenvalue weighted by molar-refractivity contribution is 5.98. The molecule has 1 heterocycles. The average molecular weight is 450 g/mol. The molecule has 0 aliphatic carbocycles. The largest absolute Gasteiger partial charge is 0.340 e. The van der Waals surface area contributed by atoms with Gasteiger partial charge in [-0.3, -0.25) is 19.3 Å². The number of Topliss-reactive ketones (excluding diaryl/α,β-unsaturated/α-hetero) is 1. The highest BCUT2D eigenvalue weighted by atomic mass is 16.2. The third-order valence-electron chi connectivity index (χ3n) is 6.22. The molecule has 0 unspecified atom stereocenters. The van der Waals surface area contributed by atoms with Crippen molar-refractivity contribution < 1.29 is 14.4 Å². The van der Waals surface area contributed by atoms with Crippen LogP contribution in [0.5, 0.6) is 0 Å². The summed E-state index contributed by atoms with van der Waals surface area (Å²) in [6, 6.07) is 13.7. The van der Waals surface area contributed by atoms with Gasteiger partial charge in [-0.2, -0.15) is 0 Å². The summed E-state index contributed by atoms with van der Waals surface area (Å²) in [5.41, 5.74) is 4.87. The monoisotopic (exact) mass is 449 g/mol. The molecule has 3 rings (SSSR count). The van der Waals surface area contributed by atoms with Crippen molar-refractivity contribution in [2.45, 2.75) is 46.5 Å². The number of anilines is 1. The normalized spacial score (nSPS) is 14.2. The predicted octanol–water partition coefficient (Wildman–Crippen LogP) is 4.00. The lowest BCUT2D eigenvalue weighted by Gasteiger charge is -2.34. The number of amides is 2. The standard InChI is InChI=1S/C27H35N3O3/c1-4-6-22-9-11-23(12-10-22)24(31)13-14-26(33)30-17-15-29(16-18-30)19-25(32)28-27-20(2)7-5-8-21(27)3/h5,7-12H,4,6,13-19H2,1-3H3,(H,28,32). The summed E-state index contributed by atoms with van der Waals surface area (Å²) in [4.78, 5) is 41.4. The zero-order valence-electron chi connectivity index (χ0n) is 20.0. The van der Waals surface area contributed by atoms with Crippen molar-refractivity contribution in [2.75, 3.05) is 38.0 Å². The molecule has 0 radical (unpaired) electrons. The fraction of sp³-hybridized carbons (Fsp3) is 0.444. The SMILES string of the molecule is CCCc1ccc(C(=O)CCC(=O)N2CCN(CC(=O)Nc3c(C)cccc3C)CC2)cc1. The highest BCUT2D eigenvalue weighted by Crippen LogP contribution is 2.19. The summed E-state index contributed by atoms with van der Waals surface area (Å²) >= 11 is 0. The zero-order valence-corrected chi connectivity index (χ0v) is 20.0. The van der Waals surface area contributed by atoms with Crippen LogP contribution in [0.3, 0.4) is 0 Å². The number of piperazine rings is 1. The first kappa shape index (κ1) is 24.6. The topological polar surface area (TPSA) is 69.7 Å². The lowest BCUT2D eigenvalue weighted by molar-refractivity contribution is -0.133. The molecule has 1 saturated heterocycles. The van der Waals surface area contributed by atoms with Gasteiger partial charge < -0.3 is 10.2 Å². The third kappa shape index (κ3) is 6.99. The molecule has 33 heavy (non-hydrogen) atoms. The van der Waals surface area contributed by atoms with Crippen LogP contribution in [-0.2, 0) is 16.0 Å². The smallest absolute Gasteiger partial charge is 0.238 e. The third-order valence-corrected chi connectivity index (χ3v) is 6.22. The van der Waals surface area contributed by atoms with Gasteiger partial charge in [0.1, 0.15) is 0 Å². The molecule has 0 bridgehead atoms. The second kappa shape index (κ2) is 11.8. The molecular weight excluding hydrogens is 414 g/mol. The maximum atomic E-state index is 12.6. The highest BCUT2D eigenvalue weighted by Gasteiger charge is 2.23. The minimum atomic E-state index is -0.0391. The molecule has 1 aliphatic rings. The maximum absolute atomic E-state index is 12.6. The van der Waals surface area contributed by atoms with Gasteiger partial charge in [0, 0.05) is 50.3 Å². The molecule has 0 atom stereocenters. The Hall–Kier alpha value is -2.99. The van der Waals surface area contributed by atoms with Crippen molar-refractivity contribution in [3.63, 3.8) is 0 Å². The predicted molar refractivity (Wildman–Crippen MR) is 132 cm³/mol. The summed E-state index contributed by atoms with van der Waals surface area (Å²) in [5.74, 6) is -0.0264. The Kier molecular flexibility index (Phi) is 8.78. The molecule has 0 spiro atoms. The molecule has 0 aromatic heterocycles. The van der Waals surface area contributed by atoms with Crippen LogP contribution in [0.15, 0.2) is 42.5 Å². The van der Waals surface area contributed by atoms with E-state index in [2.05, 4.69) is 17.1 Å². The first-order valence-corrected chi connectivity index (χ1v) is 11.9. The number of aryl methyl sites for hydroxylation is 3. The summed E-state index contributed by atoms with van der Waals surface area (Å²) < 4.78 is 0. The first-order chi connectivity index (χ1) is 15.9. The van der Waals surface area contributed by atoms with Crippen molar-refractivity contribution in [2.24, 2.45) is 0 Å². The molecule has 2 amide bonds. The molecule has 1 fully saturated rings. The summed E-state index contributed by atoms with van der Waals surface area (Å²) in [5, 5.41) is 3.02. The van der Waals surface area contributed by atoms with Gasteiger partial charge in [-0.1, -0.05) is 55.8 Å². The van der Waals surface area contributed by atoms with Crippen LogP contribution in [0.25, 0.3) is 0 Å². The quantitative estimate of drug-likeness (QED) is 0.588. The van der Waals surface area contributed by atoms with E-state index in [-0.39, 0.29) is 30.4 Å². The van der Waals surface area contributed by atoms with Gasteiger partial charge >= 0.3 is 0 Å². The van der Waals surface area contributed by atoms with E-state index < -0.39 is 0 Å². The maximum Gasteiger partial charge on any atom is 0.238 e. The Morgan fingerprint density at radius 1 is 0.879 bits per heavy atom.